The normalized spacial score (nSPS) is 13.5. The lowest BCUT2D eigenvalue weighted by Gasteiger charge is -2.37. The van der Waals surface area contributed by atoms with Crippen LogP contribution in [0.15, 0.2) is 71.3 Å². The first kappa shape index (κ1) is 41.1. The van der Waals surface area contributed by atoms with E-state index in [-0.39, 0.29) is 43.0 Å². The van der Waals surface area contributed by atoms with Crippen molar-refractivity contribution in [1.82, 2.24) is 10.1 Å². The Hall–Kier alpha value is -3.11. The number of aryl methyl sites for hydroxylation is 2. The molecule has 48 heavy (non-hydrogen) atoms. The molecule has 0 spiro atoms. The van der Waals surface area contributed by atoms with Crippen LogP contribution in [0.25, 0.3) is 6.08 Å². The molecule has 0 radical (unpaired) electrons. The number of carbonyl (C=O) groups excluding carboxylic acids is 1. The predicted octanol–water partition coefficient (Wildman–Crippen LogP) is 8.36. The molecule has 0 aromatic heterocycles. The minimum atomic E-state index is -2.64. The number of halogens is 2. The fraction of sp³-hybridized carbons (Fsp3) is 0.343. The minimum Gasteiger partial charge on any atom is -0.458 e. The van der Waals surface area contributed by atoms with Crippen molar-refractivity contribution >= 4 is 73.0 Å². The number of hydrogen-bond acceptors (Lipinski definition) is 7. The van der Waals surface area contributed by atoms with Crippen molar-refractivity contribution < 1.29 is 14.3 Å². The molecule has 2 aliphatic heterocycles. The smallest absolute Gasteiger partial charge is 0.261 e. The Labute approximate surface area is 303 Å². The summed E-state index contributed by atoms with van der Waals surface area (Å²) in [5.74, 6) is 0.946. The third-order valence-electron chi connectivity index (χ3n) is 7.70. The molecule has 2 aliphatic rings. The Balaban J connectivity index is 0.00000267. The van der Waals surface area contributed by atoms with Crippen LogP contribution in [0.4, 0.5) is 5.69 Å². The molecule has 0 bridgehead atoms. The van der Waals surface area contributed by atoms with E-state index in [0.717, 1.165) is 55.5 Å². The number of hydrogen-bond donors (Lipinski definition) is 1. The molecule has 258 valence electrons. The maximum atomic E-state index is 12.8. The van der Waals surface area contributed by atoms with E-state index >= 15 is 0 Å². The second-order valence-corrected chi connectivity index (χ2v) is 18.5. The van der Waals surface area contributed by atoms with E-state index in [4.69, 9.17) is 43.8 Å². The largest absolute Gasteiger partial charge is 0.458 e. The summed E-state index contributed by atoms with van der Waals surface area (Å²) >= 11 is 16.9. The number of nitrogens with zero attached hydrogens (tertiary/aromatic N) is 4. The fourth-order valence-electron chi connectivity index (χ4n) is 5.42. The minimum absolute atomic E-state index is 0. The maximum Gasteiger partial charge on any atom is 0.261 e. The third-order valence-corrected chi connectivity index (χ3v) is 10.5. The highest BCUT2D eigenvalue weighted by Gasteiger charge is 2.24. The van der Waals surface area contributed by atoms with Gasteiger partial charge in [0.1, 0.15) is 23.1 Å². The number of rotatable bonds is 12. The Morgan fingerprint density at radius 1 is 1.02 bits per heavy atom. The summed E-state index contributed by atoms with van der Waals surface area (Å²) in [5, 5.41) is 16.8. The van der Waals surface area contributed by atoms with E-state index in [9.17, 15) is 10.1 Å². The molecular formula is C35H45Cl2N5O3P2S. The summed E-state index contributed by atoms with van der Waals surface area (Å²) in [6.45, 7) is 2.68. The molecule has 8 nitrogen and oxygen atoms in total. The van der Waals surface area contributed by atoms with Gasteiger partial charge in [-0.1, -0.05) is 27.0 Å². The van der Waals surface area contributed by atoms with Crippen LogP contribution in [0.3, 0.4) is 0 Å². The monoisotopic (exact) mass is 747 g/mol. The van der Waals surface area contributed by atoms with Crippen LogP contribution in [-0.4, -0.2) is 50.4 Å². The SMILES string of the molecule is C.C.CN(/N=C/c1ccc(OCOc2ccc(CCNC(=O)/C(C#N)=C\c3cc4c5c(c3)CCCN5CCC4)cc2)cc1)P(=S)(Cl)Cl.P. The molecule has 1 N–H and O–H groups in total. The van der Waals surface area contributed by atoms with Gasteiger partial charge in [0.05, 0.1) is 6.21 Å². The number of hydrazone groups is 1. The van der Waals surface area contributed by atoms with Crippen molar-refractivity contribution in [2.24, 2.45) is 5.10 Å². The van der Waals surface area contributed by atoms with Gasteiger partial charge in [0.25, 0.3) is 5.91 Å². The van der Waals surface area contributed by atoms with Gasteiger partial charge >= 0.3 is 0 Å². The molecule has 1 amide bonds. The van der Waals surface area contributed by atoms with Crippen molar-refractivity contribution in [2.75, 3.05) is 38.4 Å². The van der Waals surface area contributed by atoms with Gasteiger partial charge in [-0.05, 0) is 149 Å². The van der Waals surface area contributed by atoms with Gasteiger partial charge < -0.3 is 19.7 Å². The highest BCUT2D eigenvalue weighted by Crippen LogP contribution is 2.59. The Morgan fingerprint density at radius 2 is 1.58 bits per heavy atom. The summed E-state index contributed by atoms with van der Waals surface area (Å²) in [6.07, 6.45) is 8.31. The first-order chi connectivity index (χ1) is 21.7. The van der Waals surface area contributed by atoms with Gasteiger partial charge in [0.2, 0.25) is 11.7 Å². The zero-order valence-electron chi connectivity index (χ0n) is 25.6. The first-order valence-corrected chi connectivity index (χ1v) is 19.3. The van der Waals surface area contributed by atoms with Crippen LogP contribution >= 0.6 is 37.3 Å². The molecule has 0 fully saturated rings. The van der Waals surface area contributed by atoms with Crippen LogP contribution in [0.2, 0.25) is 0 Å². The lowest BCUT2D eigenvalue weighted by molar-refractivity contribution is -0.117. The number of anilines is 1. The Kier molecular flexibility index (Phi) is 16.4. The van der Waals surface area contributed by atoms with Crippen molar-refractivity contribution in [3.63, 3.8) is 0 Å². The van der Waals surface area contributed by atoms with Gasteiger partial charge in [-0.2, -0.15) is 20.3 Å². The average Bonchev–Trinajstić information content (AvgIpc) is 3.03. The lowest BCUT2D eigenvalue weighted by Crippen LogP contribution is -2.34. The molecule has 5 rings (SSSR count). The summed E-state index contributed by atoms with van der Waals surface area (Å²) < 4.78 is 12.8. The number of nitrogens with one attached hydrogen (secondary N) is 1. The molecule has 1 unspecified atom stereocenters. The summed E-state index contributed by atoms with van der Waals surface area (Å²) in [4.78, 5) is 12.7. The van der Waals surface area contributed by atoms with E-state index < -0.39 is 4.89 Å². The van der Waals surface area contributed by atoms with Crippen molar-refractivity contribution in [1.29, 1.82) is 5.26 Å². The molecule has 0 saturated carbocycles. The molecular weight excluding hydrogens is 703 g/mol. The molecule has 0 saturated heterocycles. The second kappa shape index (κ2) is 19.2. The zero-order valence-corrected chi connectivity index (χ0v) is 30.3. The van der Waals surface area contributed by atoms with Gasteiger partial charge in [0, 0.05) is 32.4 Å². The highest BCUT2D eigenvalue weighted by molar-refractivity contribution is 8.37. The second-order valence-electron chi connectivity index (χ2n) is 10.8. The molecule has 13 heteroatoms. The maximum absolute atomic E-state index is 12.8. The van der Waals surface area contributed by atoms with Crippen LogP contribution in [0, 0.1) is 11.3 Å². The van der Waals surface area contributed by atoms with Crippen LogP contribution in [0.5, 0.6) is 11.5 Å². The zero-order chi connectivity index (χ0) is 31.8. The molecule has 3 aromatic carbocycles. The lowest BCUT2D eigenvalue weighted by atomic mass is 9.89. The quantitative estimate of drug-likeness (QED) is 0.0498. The van der Waals surface area contributed by atoms with E-state index in [1.165, 1.54) is 21.6 Å². The van der Waals surface area contributed by atoms with Crippen LogP contribution < -0.4 is 19.7 Å². The fourth-order valence-corrected chi connectivity index (χ4v) is 5.96. The van der Waals surface area contributed by atoms with E-state index in [2.05, 4.69) is 33.5 Å². The van der Waals surface area contributed by atoms with Gasteiger partial charge in [-0.15, -0.1) is 0 Å². The van der Waals surface area contributed by atoms with E-state index in [1.54, 1.807) is 19.3 Å². The standard InChI is InChI=1S/C33H34Cl2N5O3PS.2CH4.H3P/c1-39(44(34,35)45)38-22-25-8-12-31(13-9-25)43-23-42-30-10-6-24(7-11-30)14-15-37-33(41)29(21-36)20-26-18-27-4-2-16-40-17-3-5-28(19-26)32(27)40;;;/h6-13,18-20,22H,2-5,14-17,23H2,1H3,(H,37,41);2*1H4;1H3/b29-20-,38-22+;;;. The predicted molar refractivity (Wildman–Crippen MR) is 211 cm³/mol. The van der Waals surface area contributed by atoms with Gasteiger partial charge in [0.15, 0.2) is 0 Å². The highest BCUT2D eigenvalue weighted by atomic mass is 35.9. The number of nitriles is 1. The van der Waals surface area contributed by atoms with Crippen LogP contribution in [-0.2, 0) is 35.9 Å². The van der Waals surface area contributed by atoms with E-state index in [1.807, 2.05) is 48.5 Å². The van der Waals surface area contributed by atoms with Gasteiger partial charge in [-0.3, -0.25) is 4.79 Å². The van der Waals surface area contributed by atoms with E-state index in [0.29, 0.717) is 24.5 Å². The average molecular weight is 749 g/mol. The Morgan fingerprint density at radius 3 is 2.12 bits per heavy atom. The first-order valence-electron chi connectivity index (χ1n) is 14.7. The van der Waals surface area contributed by atoms with Crippen molar-refractivity contribution in [3.8, 4) is 17.6 Å². The van der Waals surface area contributed by atoms with Crippen LogP contribution in [0.1, 0.15) is 55.5 Å². The van der Waals surface area contributed by atoms with Crippen molar-refractivity contribution in [2.45, 2.75) is 47.0 Å². The van der Waals surface area contributed by atoms with Crippen molar-refractivity contribution in [3.05, 3.63) is 94.1 Å². The third kappa shape index (κ3) is 11.2. The molecule has 0 aliphatic carbocycles. The number of benzene rings is 3. The molecule has 3 aromatic rings. The number of carbonyl (C=O) groups is 1. The molecule has 1 atom stereocenters. The Bertz CT molecular complexity index is 1640. The number of amides is 1. The number of ether oxygens (including phenoxy) is 2. The molecule has 2 heterocycles. The summed E-state index contributed by atoms with van der Waals surface area (Å²) in [6, 6.07) is 21.3. The summed E-state index contributed by atoms with van der Waals surface area (Å²) in [7, 11) is 1.64. The topological polar surface area (TPSA) is 90.2 Å². The summed E-state index contributed by atoms with van der Waals surface area (Å²) in [5.41, 5.74) is 6.94. The van der Waals surface area contributed by atoms with Gasteiger partial charge in [-0.25, -0.2) is 4.78 Å².